The number of hydrogen-bond acceptors (Lipinski definition) is 0. The van der Waals surface area contributed by atoms with Crippen LogP contribution in [0.4, 0.5) is 0 Å². The largest absolute Gasteiger partial charge is 0.0795 e. The van der Waals surface area contributed by atoms with Crippen LogP contribution in [0.25, 0.3) is 6.08 Å². The van der Waals surface area contributed by atoms with E-state index in [9.17, 15) is 0 Å². The Morgan fingerprint density at radius 1 is 0.867 bits per heavy atom. The highest BCUT2D eigenvalue weighted by molar-refractivity contribution is 15.0. The Labute approximate surface area is 116 Å². The summed E-state index contributed by atoms with van der Waals surface area (Å²) in [4.78, 5) is 0. The number of halogens is 2. The first-order chi connectivity index (χ1) is 7.13. The lowest BCUT2D eigenvalue weighted by Crippen LogP contribution is -1.98. The molecule has 0 saturated carbocycles. The van der Waals surface area contributed by atoms with Crippen molar-refractivity contribution in [1.29, 1.82) is 0 Å². The summed E-state index contributed by atoms with van der Waals surface area (Å²) in [6.07, 6.45) is 5.66. The van der Waals surface area contributed by atoms with Crippen LogP contribution in [0, 0.1) is 27.7 Å². The SMILES string of the molecule is Cc1c(C)c(C)c2c(c1C)C=CC2.II. The second-order valence-electron chi connectivity index (χ2n) is 4.00. The van der Waals surface area contributed by atoms with E-state index in [1.165, 1.54) is 27.8 Å². The van der Waals surface area contributed by atoms with Crippen molar-refractivity contribution in [3.63, 3.8) is 0 Å². The van der Waals surface area contributed by atoms with Crippen molar-refractivity contribution in [2.45, 2.75) is 34.1 Å². The summed E-state index contributed by atoms with van der Waals surface area (Å²) >= 11 is 4.24. The van der Waals surface area contributed by atoms with Gasteiger partial charge in [0.2, 0.25) is 0 Å². The zero-order valence-electron chi connectivity index (χ0n) is 9.62. The van der Waals surface area contributed by atoms with Gasteiger partial charge in [-0.15, -0.1) is 0 Å². The molecule has 0 amide bonds. The zero-order chi connectivity index (χ0) is 11.6. The highest BCUT2D eigenvalue weighted by Crippen LogP contribution is 2.31. The molecule has 0 radical (unpaired) electrons. The molecule has 0 spiro atoms. The quantitative estimate of drug-likeness (QED) is 0.497. The number of fused-ring (bicyclic) bond motifs is 1. The lowest BCUT2D eigenvalue weighted by molar-refractivity contribution is 1.14. The average molecular weight is 426 g/mol. The summed E-state index contributed by atoms with van der Waals surface area (Å²) in [5.41, 5.74) is 8.90. The molecule has 15 heavy (non-hydrogen) atoms. The lowest BCUT2D eigenvalue weighted by atomic mass is 9.90. The van der Waals surface area contributed by atoms with Gasteiger partial charge in [-0.2, -0.15) is 0 Å². The predicted octanol–water partition coefficient (Wildman–Crippen LogP) is 5.26. The van der Waals surface area contributed by atoms with Gasteiger partial charge in [0.25, 0.3) is 0 Å². The minimum absolute atomic E-state index is 1.13. The van der Waals surface area contributed by atoms with Gasteiger partial charge < -0.3 is 0 Å². The first kappa shape index (κ1) is 13.5. The topological polar surface area (TPSA) is 0 Å². The van der Waals surface area contributed by atoms with Gasteiger partial charge in [0.1, 0.15) is 0 Å². The number of benzene rings is 1. The van der Waals surface area contributed by atoms with E-state index >= 15 is 0 Å². The van der Waals surface area contributed by atoms with Crippen molar-refractivity contribution in [3.8, 4) is 0 Å². The number of allylic oxidation sites excluding steroid dienone is 1. The Hall–Kier alpha value is 0.420. The Balaban J connectivity index is 0.000000531. The van der Waals surface area contributed by atoms with Gasteiger partial charge in [0.05, 0.1) is 0 Å². The van der Waals surface area contributed by atoms with Crippen molar-refractivity contribution < 1.29 is 0 Å². The molecule has 0 aliphatic heterocycles. The van der Waals surface area contributed by atoms with Crippen LogP contribution in [-0.2, 0) is 6.42 Å². The molecule has 0 nitrogen and oxygen atoms in total. The van der Waals surface area contributed by atoms with Crippen LogP contribution >= 0.6 is 37.2 Å². The molecule has 0 fully saturated rings. The van der Waals surface area contributed by atoms with Gasteiger partial charge in [-0.25, -0.2) is 0 Å². The summed E-state index contributed by atoms with van der Waals surface area (Å²) in [6.45, 7) is 8.93. The van der Waals surface area contributed by atoms with E-state index in [1.807, 2.05) is 0 Å². The van der Waals surface area contributed by atoms with Gasteiger partial charge in [-0.1, -0.05) is 12.2 Å². The van der Waals surface area contributed by atoms with Crippen molar-refractivity contribution in [2.24, 2.45) is 0 Å². The third-order valence-corrected chi connectivity index (χ3v) is 3.48. The first-order valence-electron chi connectivity index (χ1n) is 5.03. The number of hydrogen-bond donors (Lipinski definition) is 0. The van der Waals surface area contributed by atoms with Crippen LogP contribution in [0.2, 0.25) is 0 Å². The second-order valence-corrected chi connectivity index (χ2v) is 4.00. The third kappa shape index (κ3) is 2.40. The maximum atomic E-state index is 2.27. The fraction of sp³-hybridized carbons (Fsp3) is 0.385. The summed E-state index contributed by atoms with van der Waals surface area (Å²) in [6, 6.07) is 0. The van der Waals surface area contributed by atoms with Crippen LogP contribution in [0.1, 0.15) is 33.4 Å². The maximum Gasteiger partial charge on any atom is 0 e. The van der Waals surface area contributed by atoms with Crippen LogP contribution in [0.15, 0.2) is 6.08 Å². The van der Waals surface area contributed by atoms with Gasteiger partial charge >= 0.3 is 0 Å². The van der Waals surface area contributed by atoms with E-state index in [2.05, 4.69) is 77.1 Å². The van der Waals surface area contributed by atoms with Crippen molar-refractivity contribution in [2.75, 3.05) is 0 Å². The van der Waals surface area contributed by atoms with Crippen LogP contribution in [-0.4, -0.2) is 0 Å². The smallest absolute Gasteiger partial charge is 0 e. The monoisotopic (exact) mass is 426 g/mol. The van der Waals surface area contributed by atoms with E-state index in [-0.39, 0.29) is 0 Å². The standard InChI is InChI=1S/C13H16.I2/c1-8-9(2)11(4)13-7-5-6-12(13)10(8)3;1-2/h5-6H,7H2,1-4H3;. The highest BCUT2D eigenvalue weighted by atomic mass is 128. The van der Waals surface area contributed by atoms with E-state index in [0.29, 0.717) is 0 Å². The third-order valence-electron chi connectivity index (χ3n) is 3.48. The second kappa shape index (κ2) is 5.66. The van der Waals surface area contributed by atoms with Gasteiger partial charge in [0.15, 0.2) is 0 Å². The van der Waals surface area contributed by atoms with Crippen molar-refractivity contribution in [1.82, 2.24) is 0 Å². The summed E-state index contributed by atoms with van der Waals surface area (Å²) in [7, 11) is 0. The summed E-state index contributed by atoms with van der Waals surface area (Å²) in [5.74, 6) is 0. The Morgan fingerprint density at radius 2 is 1.40 bits per heavy atom. The molecular formula is C13H16I2. The molecule has 82 valence electrons. The minimum Gasteiger partial charge on any atom is -0.0795 e. The Kier molecular flexibility index (Phi) is 5.09. The minimum atomic E-state index is 1.13. The first-order valence-corrected chi connectivity index (χ1v) is 11.3. The molecule has 1 aromatic carbocycles. The van der Waals surface area contributed by atoms with Gasteiger partial charge in [0, 0.05) is 37.2 Å². The van der Waals surface area contributed by atoms with E-state index < -0.39 is 0 Å². The van der Waals surface area contributed by atoms with Crippen LogP contribution < -0.4 is 0 Å². The zero-order valence-corrected chi connectivity index (χ0v) is 13.9. The normalized spacial score (nSPS) is 12.1. The molecule has 0 unspecified atom stereocenters. The molecule has 0 saturated heterocycles. The molecule has 0 bridgehead atoms. The van der Waals surface area contributed by atoms with E-state index in [1.54, 1.807) is 5.56 Å². The molecular weight excluding hydrogens is 410 g/mol. The fourth-order valence-electron chi connectivity index (χ4n) is 2.20. The van der Waals surface area contributed by atoms with Gasteiger partial charge in [-0.05, 0) is 67.5 Å². The van der Waals surface area contributed by atoms with Crippen molar-refractivity contribution >= 4 is 43.3 Å². The molecule has 0 heterocycles. The lowest BCUT2D eigenvalue weighted by Gasteiger charge is -2.15. The van der Waals surface area contributed by atoms with E-state index in [0.717, 1.165) is 6.42 Å². The summed E-state index contributed by atoms with van der Waals surface area (Å²) < 4.78 is 0. The molecule has 0 aromatic heterocycles. The van der Waals surface area contributed by atoms with Gasteiger partial charge in [-0.3, -0.25) is 0 Å². The van der Waals surface area contributed by atoms with Crippen LogP contribution in [0.3, 0.4) is 0 Å². The molecule has 1 aliphatic rings. The maximum absolute atomic E-state index is 2.27. The molecule has 1 aromatic rings. The molecule has 1 aliphatic carbocycles. The van der Waals surface area contributed by atoms with Crippen LogP contribution in [0.5, 0.6) is 0 Å². The number of rotatable bonds is 0. The Bertz CT molecular complexity index is 404. The Morgan fingerprint density at radius 3 is 2.00 bits per heavy atom. The molecule has 2 rings (SSSR count). The molecule has 0 N–H and O–H groups in total. The van der Waals surface area contributed by atoms with E-state index in [4.69, 9.17) is 0 Å². The molecule has 0 atom stereocenters. The highest BCUT2D eigenvalue weighted by Gasteiger charge is 2.14. The van der Waals surface area contributed by atoms with Crippen molar-refractivity contribution in [3.05, 3.63) is 39.5 Å². The fourth-order valence-corrected chi connectivity index (χ4v) is 2.20. The molecule has 2 heteroatoms. The summed E-state index contributed by atoms with van der Waals surface area (Å²) in [5, 5.41) is 0. The average Bonchev–Trinajstić information content (AvgIpc) is 2.75. The predicted molar refractivity (Wildman–Crippen MR) is 86.2 cm³/mol.